The maximum atomic E-state index is 8.49. The second kappa shape index (κ2) is 4.90. The number of aliphatic hydroxyl groups excluding tert-OH is 1. The number of aromatic nitrogens is 2. The monoisotopic (exact) mass is 187 g/mol. The number of hydrogen-bond donors (Lipinski definition) is 2. The summed E-state index contributed by atoms with van der Waals surface area (Å²) >= 11 is 5.58. The van der Waals surface area contributed by atoms with Crippen LogP contribution in [0, 0.1) is 0 Å². The largest absolute Gasteiger partial charge is 0.396 e. The predicted molar refractivity (Wildman–Crippen MR) is 47.2 cm³/mol. The molecule has 0 amide bonds. The van der Waals surface area contributed by atoms with Gasteiger partial charge >= 0.3 is 0 Å². The van der Waals surface area contributed by atoms with E-state index in [2.05, 4.69) is 15.3 Å². The van der Waals surface area contributed by atoms with Crippen molar-refractivity contribution in [1.29, 1.82) is 0 Å². The van der Waals surface area contributed by atoms with E-state index in [1.54, 1.807) is 0 Å². The molecule has 0 aromatic carbocycles. The molecule has 0 bridgehead atoms. The number of aliphatic hydroxyl groups is 1. The minimum atomic E-state index is 0.167. The van der Waals surface area contributed by atoms with Gasteiger partial charge in [-0.25, -0.2) is 9.97 Å². The van der Waals surface area contributed by atoms with Crippen LogP contribution in [0.3, 0.4) is 0 Å². The first kappa shape index (κ1) is 9.22. The van der Waals surface area contributed by atoms with Crippen LogP contribution in [0.4, 0.5) is 5.95 Å². The smallest absolute Gasteiger partial charge is 0.222 e. The Kier molecular flexibility index (Phi) is 3.76. The minimum absolute atomic E-state index is 0.167. The van der Waals surface area contributed by atoms with Crippen LogP contribution >= 0.6 is 11.6 Å². The zero-order valence-corrected chi connectivity index (χ0v) is 7.25. The molecule has 2 N–H and O–H groups in total. The summed E-state index contributed by atoms with van der Waals surface area (Å²) in [7, 11) is 0. The summed E-state index contributed by atoms with van der Waals surface area (Å²) < 4.78 is 0. The highest BCUT2D eigenvalue weighted by molar-refractivity contribution is 6.30. The number of hydrogen-bond acceptors (Lipinski definition) is 4. The molecule has 5 heteroatoms. The van der Waals surface area contributed by atoms with E-state index in [4.69, 9.17) is 16.7 Å². The Morgan fingerprint density at radius 2 is 2.08 bits per heavy atom. The molecule has 0 radical (unpaired) electrons. The molecule has 0 saturated carbocycles. The highest BCUT2D eigenvalue weighted by atomic mass is 35.5. The standard InChI is InChI=1S/C7H10ClN3O/c8-6-4-10-7(11-5-6)9-2-1-3-12/h4-5,12H,1-3H2,(H,9,10,11). The fraction of sp³-hybridized carbons (Fsp3) is 0.429. The molecular formula is C7H10ClN3O. The molecule has 0 atom stereocenters. The van der Waals surface area contributed by atoms with Crippen LogP contribution in [0.25, 0.3) is 0 Å². The minimum Gasteiger partial charge on any atom is -0.396 e. The van der Waals surface area contributed by atoms with E-state index in [0.29, 0.717) is 23.9 Å². The molecule has 0 aliphatic carbocycles. The Hall–Kier alpha value is -0.870. The molecule has 0 saturated heterocycles. The molecule has 1 heterocycles. The van der Waals surface area contributed by atoms with Gasteiger partial charge in [-0.2, -0.15) is 0 Å². The third-order valence-corrected chi connectivity index (χ3v) is 1.43. The van der Waals surface area contributed by atoms with Gasteiger partial charge in [-0.15, -0.1) is 0 Å². The van der Waals surface area contributed by atoms with Gasteiger partial charge in [0.2, 0.25) is 5.95 Å². The van der Waals surface area contributed by atoms with Gasteiger partial charge < -0.3 is 10.4 Å². The Labute approximate surface area is 75.6 Å². The lowest BCUT2D eigenvalue weighted by atomic mass is 10.4. The van der Waals surface area contributed by atoms with Crippen molar-refractivity contribution in [3.63, 3.8) is 0 Å². The van der Waals surface area contributed by atoms with Gasteiger partial charge in [-0.05, 0) is 6.42 Å². The van der Waals surface area contributed by atoms with Crippen molar-refractivity contribution in [1.82, 2.24) is 9.97 Å². The fourth-order valence-electron chi connectivity index (χ4n) is 0.683. The van der Waals surface area contributed by atoms with Crippen molar-refractivity contribution in [3.8, 4) is 0 Å². The first-order chi connectivity index (χ1) is 5.83. The number of halogens is 1. The number of nitrogens with zero attached hydrogens (tertiary/aromatic N) is 2. The number of anilines is 1. The average Bonchev–Trinajstić information content (AvgIpc) is 2.09. The van der Waals surface area contributed by atoms with Crippen molar-refractivity contribution in [2.24, 2.45) is 0 Å². The van der Waals surface area contributed by atoms with Crippen LogP contribution in [0.5, 0.6) is 0 Å². The number of rotatable bonds is 4. The van der Waals surface area contributed by atoms with Crippen LogP contribution in [-0.4, -0.2) is 28.2 Å². The Balaban J connectivity index is 2.37. The second-order valence-corrected chi connectivity index (χ2v) is 2.67. The highest BCUT2D eigenvalue weighted by Crippen LogP contribution is 2.04. The van der Waals surface area contributed by atoms with Gasteiger partial charge in [0.05, 0.1) is 17.4 Å². The van der Waals surface area contributed by atoms with Crippen molar-refractivity contribution < 1.29 is 5.11 Å². The summed E-state index contributed by atoms with van der Waals surface area (Å²) in [6, 6.07) is 0. The van der Waals surface area contributed by atoms with E-state index in [9.17, 15) is 0 Å². The maximum absolute atomic E-state index is 8.49. The molecule has 1 rings (SSSR count). The SMILES string of the molecule is OCCCNc1ncc(Cl)cn1. The Morgan fingerprint density at radius 3 is 2.67 bits per heavy atom. The van der Waals surface area contributed by atoms with Crippen LogP contribution < -0.4 is 5.32 Å². The van der Waals surface area contributed by atoms with Crippen molar-refractivity contribution in [2.75, 3.05) is 18.5 Å². The zero-order chi connectivity index (χ0) is 8.81. The molecule has 12 heavy (non-hydrogen) atoms. The van der Waals surface area contributed by atoms with Crippen molar-refractivity contribution >= 4 is 17.5 Å². The quantitative estimate of drug-likeness (QED) is 0.689. The van der Waals surface area contributed by atoms with Crippen molar-refractivity contribution in [2.45, 2.75) is 6.42 Å². The van der Waals surface area contributed by atoms with Gasteiger partial charge in [0.25, 0.3) is 0 Å². The summed E-state index contributed by atoms with van der Waals surface area (Å²) in [6.07, 6.45) is 3.73. The molecule has 0 aliphatic rings. The van der Waals surface area contributed by atoms with Crippen LogP contribution in [0.1, 0.15) is 6.42 Å². The normalized spacial score (nSPS) is 9.83. The molecule has 1 aromatic heterocycles. The van der Waals surface area contributed by atoms with Crippen LogP contribution in [-0.2, 0) is 0 Å². The molecular weight excluding hydrogens is 178 g/mol. The Bertz CT molecular complexity index is 227. The van der Waals surface area contributed by atoms with Crippen molar-refractivity contribution in [3.05, 3.63) is 17.4 Å². The van der Waals surface area contributed by atoms with Gasteiger partial charge in [0.1, 0.15) is 0 Å². The van der Waals surface area contributed by atoms with E-state index in [0.717, 1.165) is 0 Å². The van der Waals surface area contributed by atoms with E-state index < -0.39 is 0 Å². The second-order valence-electron chi connectivity index (χ2n) is 2.23. The lowest BCUT2D eigenvalue weighted by Gasteiger charge is -2.01. The first-order valence-corrected chi connectivity index (χ1v) is 4.03. The fourth-order valence-corrected chi connectivity index (χ4v) is 0.780. The first-order valence-electron chi connectivity index (χ1n) is 3.65. The lowest BCUT2D eigenvalue weighted by Crippen LogP contribution is -2.06. The molecule has 0 fully saturated rings. The summed E-state index contributed by atoms with van der Waals surface area (Å²) in [5.74, 6) is 0.535. The molecule has 0 spiro atoms. The molecule has 0 unspecified atom stereocenters. The highest BCUT2D eigenvalue weighted by Gasteiger charge is 1.93. The van der Waals surface area contributed by atoms with Crippen LogP contribution in [0.2, 0.25) is 5.02 Å². The van der Waals surface area contributed by atoms with Gasteiger partial charge in [-0.3, -0.25) is 0 Å². The van der Waals surface area contributed by atoms with Gasteiger partial charge in [0, 0.05) is 13.2 Å². The summed E-state index contributed by atoms with van der Waals surface area (Å²) in [5, 5.41) is 11.9. The lowest BCUT2D eigenvalue weighted by molar-refractivity contribution is 0.292. The third-order valence-electron chi connectivity index (χ3n) is 1.24. The molecule has 4 nitrogen and oxygen atoms in total. The van der Waals surface area contributed by atoms with E-state index in [1.165, 1.54) is 12.4 Å². The maximum Gasteiger partial charge on any atom is 0.222 e. The topological polar surface area (TPSA) is 58.0 Å². The van der Waals surface area contributed by atoms with E-state index >= 15 is 0 Å². The van der Waals surface area contributed by atoms with E-state index in [-0.39, 0.29) is 6.61 Å². The average molecular weight is 188 g/mol. The molecule has 1 aromatic rings. The summed E-state index contributed by atoms with van der Waals surface area (Å²) in [5.41, 5.74) is 0. The van der Waals surface area contributed by atoms with Gasteiger partial charge in [-0.1, -0.05) is 11.6 Å². The Morgan fingerprint density at radius 1 is 1.42 bits per heavy atom. The summed E-state index contributed by atoms with van der Waals surface area (Å²) in [4.78, 5) is 7.83. The van der Waals surface area contributed by atoms with Crippen LogP contribution in [0.15, 0.2) is 12.4 Å². The van der Waals surface area contributed by atoms with Gasteiger partial charge in [0.15, 0.2) is 0 Å². The third kappa shape index (κ3) is 3.02. The molecule has 0 aliphatic heterocycles. The number of nitrogens with one attached hydrogen (secondary N) is 1. The summed E-state index contributed by atoms with van der Waals surface area (Å²) in [6.45, 7) is 0.832. The molecule has 66 valence electrons. The predicted octanol–water partition coefficient (Wildman–Crippen LogP) is 0.924. The van der Waals surface area contributed by atoms with E-state index in [1.807, 2.05) is 0 Å². The zero-order valence-electron chi connectivity index (χ0n) is 6.50.